The lowest BCUT2D eigenvalue weighted by molar-refractivity contribution is -0.671. The molecule has 2 rings (SSSR count). The van der Waals surface area contributed by atoms with E-state index in [1.807, 2.05) is 7.05 Å². The van der Waals surface area contributed by atoms with Crippen molar-refractivity contribution in [3.63, 3.8) is 0 Å². The molecule has 0 amide bonds. The van der Waals surface area contributed by atoms with Crippen LogP contribution in [0.25, 0.3) is 0 Å². The summed E-state index contributed by atoms with van der Waals surface area (Å²) < 4.78 is 10.2. The number of benzene rings is 1. The van der Waals surface area contributed by atoms with Gasteiger partial charge in [-0.15, -0.1) is 0 Å². The summed E-state index contributed by atoms with van der Waals surface area (Å²) in [5.41, 5.74) is 1.41. The molecule has 0 saturated carbocycles. The van der Waals surface area contributed by atoms with Gasteiger partial charge in [0.2, 0.25) is 6.33 Å². The predicted octanol–water partition coefficient (Wildman–Crippen LogP) is 7.03. The molecule has 0 saturated heterocycles. The normalized spacial score (nSPS) is 11.1. The molecule has 0 aliphatic rings. The van der Waals surface area contributed by atoms with Crippen molar-refractivity contribution < 1.29 is 9.30 Å². The Kier molecular flexibility index (Phi) is 13.1. The van der Waals surface area contributed by atoms with Crippen LogP contribution >= 0.6 is 0 Å². The Hall–Kier alpha value is -1.77. The van der Waals surface area contributed by atoms with E-state index in [1.54, 1.807) is 0 Å². The molecule has 168 valence electrons. The molecule has 2 aromatic rings. The standard InChI is InChI=1S/C27H45N2O/c1-3-4-5-6-7-8-9-10-11-12-13-14-15-17-26-18-16-19-27(24-26)30-23-22-29-21-20-28(2)25-29/h16,18-21,24-25H,3-15,17,22-23H2,1-2H3/q+1. The number of rotatable bonds is 18. The number of nitrogens with zero attached hydrogens (tertiary/aromatic N) is 2. The fourth-order valence-corrected chi connectivity index (χ4v) is 4.04. The maximum absolute atomic E-state index is 5.95. The largest absolute Gasteiger partial charge is 0.489 e. The average Bonchev–Trinajstić information content (AvgIpc) is 3.17. The third-order valence-electron chi connectivity index (χ3n) is 5.91. The second-order valence-electron chi connectivity index (χ2n) is 8.81. The molecule has 0 radical (unpaired) electrons. The van der Waals surface area contributed by atoms with Crippen LogP contribution in [0.15, 0.2) is 43.0 Å². The van der Waals surface area contributed by atoms with Crippen LogP contribution in [0, 0.1) is 0 Å². The first-order chi connectivity index (χ1) is 14.8. The van der Waals surface area contributed by atoms with Crippen molar-refractivity contribution in [2.24, 2.45) is 7.05 Å². The summed E-state index contributed by atoms with van der Waals surface area (Å²) in [6.45, 7) is 3.87. The Morgan fingerprint density at radius 2 is 1.47 bits per heavy atom. The lowest BCUT2D eigenvalue weighted by Gasteiger charge is -2.07. The molecule has 0 N–H and O–H groups in total. The Morgan fingerprint density at radius 3 is 2.07 bits per heavy atom. The first-order valence-electron chi connectivity index (χ1n) is 12.5. The molecule has 3 nitrogen and oxygen atoms in total. The van der Waals surface area contributed by atoms with Gasteiger partial charge in [-0.3, -0.25) is 0 Å². The van der Waals surface area contributed by atoms with Gasteiger partial charge in [0.05, 0.1) is 7.05 Å². The van der Waals surface area contributed by atoms with Gasteiger partial charge in [-0.2, -0.15) is 0 Å². The number of hydrogen-bond acceptors (Lipinski definition) is 1. The van der Waals surface area contributed by atoms with Crippen LogP contribution in [-0.2, 0) is 20.0 Å². The maximum Gasteiger partial charge on any atom is 0.243 e. The summed E-state index contributed by atoms with van der Waals surface area (Å²) in [5, 5.41) is 0. The van der Waals surface area contributed by atoms with Gasteiger partial charge in [-0.05, 0) is 30.5 Å². The zero-order valence-electron chi connectivity index (χ0n) is 19.7. The zero-order chi connectivity index (χ0) is 21.3. The molecule has 1 aromatic heterocycles. The van der Waals surface area contributed by atoms with Crippen LogP contribution in [0.3, 0.4) is 0 Å². The zero-order valence-corrected chi connectivity index (χ0v) is 19.7. The minimum absolute atomic E-state index is 0.705. The first-order valence-corrected chi connectivity index (χ1v) is 12.5. The fourth-order valence-electron chi connectivity index (χ4n) is 4.04. The number of ether oxygens (including phenoxy) is 1. The van der Waals surface area contributed by atoms with Gasteiger partial charge in [0.15, 0.2) is 0 Å². The third kappa shape index (κ3) is 11.4. The van der Waals surface area contributed by atoms with Crippen LogP contribution in [0.1, 0.15) is 96.0 Å². The van der Waals surface area contributed by atoms with Crippen molar-refractivity contribution in [2.45, 2.75) is 103 Å². The van der Waals surface area contributed by atoms with Gasteiger partial charge in [0.1, 0.15) is 31.3 Å². The minimum atomic E-state index is 0.705. The number of imidazole rings is 1. The van der Waals surface area contributed by atoms with Gasteiger partial charge in [0, 0.05) is 0 Å². The summed E-state index contributed by atoms with van der Waals surface area (Å²) in [4.78, 5) is 0. The van der Waals surface area contributed by atoms with Gasteiger partial charge in [0.25, 0.3) is 0 Å². The molecule has 0 aliphatic heterocycles. The fraction of sp³-hybridized carbons (Fsp3) is 0.667. The molecule has 0 fully saturated rings. The lowest BCUT2D eigenvalue weighted by Crippen LogP contribution is -2.24. The van der Waals surface area contributed by atoms with Crippen molar-refractivity contribution in [1.29, 1.82) is 0 Å². The van der Waals surface area contributed by atoms with Crippen molar-refractivity contribution in [2.75, 3.05) is 6.61 Å². The van der Waals surface area contributed by atoms with E-state index in [9.17, 15) is 0 Å². The van der Waals surface area contributed by atoms with Crippen LogP contribution in [0.2, 0.25) is 0 Å². The Morgan fingerprint density at radius 1 is 0.833 bits per heavy atom. The van der Waals surface area contributed by atoms with Crippen LogP contribution in [0.5, 0.6) is 5.75 Å². The second-order valence-corrected chi connectivity index (χ2v) is 8.81. The summed E-state index contributed by atoms with van der Waals surface area (Å²) >= 11 is 0. The molecule has 0 atom stereocenters. The Balaban J connectivity index is 1.45. The number of aromatic nitrogens is 2. The van der Waals surface area contributed by atoms with Gasteiger partial charge >= 0.3 is 0 Å². The van der Waals surface area contributed by atoms with E-state index in [1.165, 1.54) is 95.5 Å². The molecule has 0 aliphatic carbocycles. The second kappa shape index (κ2) is 16.0. The summed E-state index contributed by atoms with van der Waals surface area (Å²) in [7, 11) is 2.04. The highest BCUT2D eigenvalue weighted by molar-refractivity contribution is 5.28. The number of unbranched alkanes of at least 4 members (excludes halogenated alkanes) is 12. The van der Waals surface area contributed by atoms with E-state index in [2.05, 4.69) is 59.0 Å². The Labute approximate surface area is 185 Å². The summed E-state index contributed by atoms with van der Waals surface area (Å²) in [5.74, 6) is 0.999. The van der Waals surface area contributed by atoms with E-state index in [-0.39, 0.29) is 0 Å². The third-order valence-corrected chi connectivity index (χ3v) is 5.91. The maximum atomic E-state index is 5.95. The van der Waals surface area contributed by atoms with Crippen molar-refractivity contribution in [3.8, 4) is 5.75 Å². The smallest absolute Gasteiger partial charge is 0.243 e. The van der Waals surface area contributed by atoms with E-state index in [0.717, 1.165) is 12.3 Å². The highest BCUT2D eigenvalue weighted by Gasteiger charge is 2.02. The topological polar surface area (TPSA) is 18.0 Å². The molecular formula is C27H45N2O+. The molecule has 30 heavy (non-hydrogen) atoms. The van der Waals surface area contributed by atoms with Crippen molar-refractivity contribution >= 4 is 0 Å². The van der Waals surface area contributed by atoms with E-state index in [0.29, 0.717) is 6.61 Å². The van der Waals surface area contributed by atoms with Crippen LogP contribution in [0.4, 0.5) is 0 Å². The van der Waals surface area contributed by atoms with E-state index < -0.39 is 0 Å². The van der Waals surface area contributed by atoms with Crippen LogP contribution < -0.4 is 9.30 Å². The average molecular weight is 414 g/mol. The minimum Gasteiger partial charge on any atom is -0.489 e. The molecule has 3 heteroatoms. The van der Waals surface area contributed by atoms with Crippen molar-refractivity contribution in [1.82, 2.24) is 4.57 Å². The molecule has 1 aromatic carbocycles. The van der Waals surface area contributed by atoms with Gasteiger partial charge in [-0.25, -0.2) is 9.13 Å². The van der Waals surface area contributed by atoms with E-state index >= 15 is 0 Å². The molecular weight excluding hydrogens is 368 g/mol. The summed E-state index contributed by atoms with van der Waals surface area (Å²) in [6, 6.07) is 8.65. The highest BCUT2D eigenvalue weighted by atomic mass is 16.5. The Bertz CT molecular complexity index is 664. The first kappa shape index (κ1) is 24.5. The monoisotopic (exact) mass is 413 g/mol. The predicted molar refractivity (Wildman–Crippen MR) is 127 cm³/mol. The summed E-state index contributed by atoms with van der Waals surface area (Å²) in [6.07, 6.45) is 25.7. The lowest BCUT2D eigenvalue weighted by atomic mass is 10.0. The van der Waals surface area contributed by atoms with Gasteiger partial charge in [-0.1, -0.05) is 96.1 Å². The number of aryl methyl sites for hydroxylation is 2. The molecule has 0 bridgehead atoms. The molecule has 1 heterocycles. The van der Waals surface area contributed by atoms with Crippen molar-refractivity contribution in [3.05, 3.63) is 48.5 Å². The highest BCUT2D eigenvalue weighted by Crippen LogP contribution is 2.17. The quantitative estimate of drug-likeness (QED) is 0.189. The molecule has 0 unspecified atom stereocenters. The van der Waals surface area contributed by atoms with Crippen LogP contribution in [-0.4, -0.2) is 11.2 Å². The van der Waals surface area contributed by atoms with Gasteiger partial charge < -0.3 is 4.74 Å². The number of hydrogen-bond donors (Lipinski definition) is 0. The van der Waals surface area contributed by atoms with E-state index in [4.69, 9.17) is 4.74 Å². The SMILES string of the molecule is CCCCCCCCCCCCCCCc1cccc(OCCn2cc[n+](C)c2)c1. The molecule has 0 spiro atoms.